The zero-order chi connectivity index (χ0) is 20.5. The van der Waals surface area contributed by atoms with Crippen LogP contribution < -0.4 is 18.9 Å². The van der Waals surface area contributed by atoms with Crippen molar-refractivity contribution in [2.75, 3.05) is 34.0 Å². The van der Waals surface area contributed by atoms with E-state index in [0.717, 1.165) is 5.56 Å². The molecule has 0 fully saturated rings. The van der Waals surface area contributed by atoms with Gasteiger partial charge in [0.15, 0.2) is 23.0 Å². The zero-order valence-corrected chi connectivity index (χ0v) is 17.3. The van der Waals surface area contributed by atoms with Crippen molar-refractivity contribution in [3.63, 3.8) is 0 Å². The molecule has 152 valence electrons. The van der Waals surface area contributed by atoms with Crippen molar-refractivity contribution in [3.8, 4) is 23.0 Å². The number of rotatable bonds is 10. The lowest BCUT2D eigenvalue weighted by Crippen LogP contribution is -2.30. The molecule has 0 heterocycles. The van der Waals surface area contributed by atoms with Crippen LogP contribution >= 0.6 is 0 Å². The second-order valence-corrected chi connectivity index (χ2v) is 6.04. The third kappa shape index (κ3) is 5.09. The molecule has 0 atom stereocenters. The predicted octanol–water partition coefficient (Wildman–Crippen LogP) is 4.16. The third-order valence-electron chi connectivity index (χ3n) is 4.28. The van der Waals surface area contributed by atoms with Crippen LogP contribution in [0.1, 0.15) is 36.7 Å². The summed E-state index contributed by atoms with van der Waals surface area (Å²) in [5.74, 6) is 2.46. The summed E-state index contributed by atoms with van der Waals surface area (Å²) >= 11 is 0. The molecule has 6 heteroatoms. The Hall–Kier alpha value is -2.89. The van der Waals surface area contributed by atoms with Crippen molar-refractivity contribution in [2.24, 2.45) is 0 Å². The predicted molar refractivity (Wildman–Crippen MR) is 109 cm³/mol. The first kappa shape index (κ1) is 21.4. The smallest absolute Gasteiger partial charge is 0.254 e. The number of hydrogen-bond donors (Lipinski definition) is 0. The molecule has 0 aromatic heterocycles. The summed E-state index contributed by atoms with van der Waals surface area (Å²) < 4.78 is 21.9. The highest BCUT2D eigenvalue weighted by Gasteiger charge is 2.18. The third-order valence-corrected chi connectivity index (χ3v) is 4.28. The first-order chi connectivity index (χ1) is 13.6. The fraction of sp³-hybridized carbons (Fsp3) is 0.409. The molecule has 2 aromatic carbocycles. The van der Waals surface area contributed by atoms with E-state index < -0.39 is 0 Å². The molecule has 0 saturated heterocycles. The summed E-state index contributed by atoms with van der Waals surface area (Å²) in [4.78, 5) is 14.8. The lowest BCUT2D eigenvalue weighted by atomic mass is 10.1. The van der Waals surface area contributed by atoms with E-state index in [-0.39, 0.29) is 5.91 Å². The van der Waals surface area contributed by atoms with Crippen molar-refractivity contribution in [3.05, 3.63) is 47.5 Å². The summed E-state index contributed by atoms with van der Waals surface area (Å²) in [5.41, 5.74) is 1.53. The number of carbonyl (C=O) groups is 1. The molecule has 0 aliphatic carbocycles. The Morgan fingerprint density at radius 1 is 0.821 bits per heavy atom. The Bertz CT molecular complexity index is 790. The largest absolute Gasteiger partial charge is 0.493 e. The van der Waals surface area contributed by atoms with E-state index >= 15 is 0 Å². The van der Waals surface area contributed by atoms with Gasteiger partial charge in [0.25, 0.3) is 5.91 Å². The van der Waals surface area contributed by atoms with Crippen molar-refractivity contribution in [2.45, 2.75) is 27.3 Å². The topological polar surface area (TPSA) is 57.2 Å². The summed E-state index contributed by atoms with van der Waals surface area (Å²) in [5, 5.41) is 0. The molecule has 1 amide bonds. The molecule has 0 saturated carbocycles. The van der Waals surface area contributed by atoms with Gasteiger partial charge in [-0.3, -0.25) is 4.79 Å². The normalized spacial score (nSPS) is 10.3. The fourth-order valence-electron chi connectivity index (χ4n) is 2.89. The van der Waals surface area contributed by atoms with Gasteiger partial charge in [0.1, 0.15) is 0 Å². The monoisotopic (exact) mass is 387 g/mol. The lowest BCUT2D eigenvalue weighted by molar-refractivity contribution is 0.0752. The second-order valence-electron chi connectivity index (χ2n) is 6.04. The van der Waals surface area contributed by atoms with Crippen molar-refractivity contribution in [1.82, 2.24) is 4.90 Å². The molecule has 28 heavy (non-hydrogen) atoms. The van der Waals surface area contributed by atoms with Gasteiger partial charge in [-0.1, -0.05) is 6.07 Å². The number of benzene rings is 2. The maximum Gasteiger partial charge on any atom is 0.254 e. The summed E-state index contributed by atoms with van der Waals surface area (Å²) in [6.45, 7) is 7.85. The minimum atomic E-state index is -0.0683. The van der Waals surface area contributed by atoms with Gasteiger partial charge >= 0.3 is 0 Å². The Kier molecular flexibility index (Phi) is 7.99. The summed E-state index contributed by atoms with van der Waals surface area (Å²) in [7, 11) is 3.20. The van der Waals surface area contributed by atoms with Crippen LogP contribution in [-0.2, 0) is 6.54 Å². The van der Waals surface area contributed by atoms with E-state index in [1.165, 1.54) is 0 Å². The minimum absolute atomic E-state index is 0.0683. The number of ether oxygens (including phenoxy) is 4. The van der Waals surface area contributed by atoms with Gasteiger partial charge in [-0.2, -0.15) is 0 Å². The van der Waals surface area contributed by atoms with Crippen LogP contribution in [0.25, 0.3) is 0 Å². The first-order valence-corrected chi connectivity index (χ1v) is 9.47. The van der Waals surface area contributed by atoms with Crippen LogP contribution in [0, 0.1) is 0 Å². The van der Waals surface area contributed by atoms with Crippen molar-refractivity contribution in [1.29, 1.82) is 0 Å². The van der Waals surface area contributed by atoms with E-state index in [4.69, 9.17) is 18.9 Å². The molecule has 0 radical (unpaired) electrons. The quantitative estimate of drug-likeness (QED) is 0.613. The Labute approximate surface area is 167 Å². The number of carbonyl (C=O) groups excluding carboxylic acids is 1. The average molecular weight is 387 g/mol. The average Bonchev–Trinajstić information content (AvgIpc) is 2.72. The van der Waals surface area contributed by atoms with Gasteiger partial charge in [-0.15, -0.1) is 0 Å². The van der Waals surface area contributed by atoms with E-state index in [0.29, 0.717) is 54.9 Å². The van der Waals surface area contributed by atoms with Crippen molar-refractivity contribution < 1.29 is 23.7 Å². The minimum Gasteiger partial charge on any atom is -0.493 e. The SMILES string of the molecule is CCOc1ccc(C(=O)N(CC)Cc2ccc(OC)c(OC)c2)cc1OCC. The van der Waals surface area contributed by atoms with Gasteiger partial charge in [0.05, 0.1) is 27.4 Å². The Balaban J connectivity index is 2.24. The molecule has 0 aliphatic heterocycles. The molecule has 0 N–H and O–H groups in total. The number of methoxy groups -OCH3 is 2. The maximum absolute atomic E-state index is 13.1. The molecule has 2 aromatic rings. The maximum atomic E-state index is 13.1. The highest BCUT2D eigenvalue weighted by Crippen LogP contribution is 2.30. The molecule has 0 spiro atoms. The molecule has 0 unspecified atom stereocenters. The summed E-state index contributed by atoms with van der Waals surface area (Å²) in [6.07, 6.45) is 0. The van der Waals surface area contributed by atoms with Gasteiger partial charge in [0, 0.05) is 18.7 Å². The van der Waals surface area contributed by atoms with Crippen LogP contribution in [0.15, 0.2) is 36.4 Å². The van der Waals surface area contributed by atoms with Gasteiger partial charge in [0.2, 0.25) is 0 Å². The highest BCUT2D eigenvalue weighted by atomic mass is 16.5. The molecular formula is C22H29NO5. The van der Waals surface area contributed by atoms with Crippen LogP contribution in [0.2, 0.25) is 0 Å². The molecular weight excluding hydrogens is 358 g/mol. The fourth-order valence-corrected chi connectivity index (χ4v) is 2.89. The van der Waals surface area contributed by atoms with Crippen LogP contribution in [0.3, 0.4) is 0 Å². The van der Waals surface area contributed by atoms with E-state index in [1.807, 2.05) is 39.0 Å². The standard InChI is InChI=1S/C22H29NO5/c1-6-23(15-16-9-11-18(25-4)20(13-16)26-5)22(24)17-10-12-19(27-7-2)21(14-17)28-8-3/h9-14H,6-8,15H2,1-5H3. The van der Waals surface area contributed by atoms with E-state index in [1.54, 1.807) is 37.3 Å². The number of nitrogens with zero attached hydrogens (tertiary/aromatic N) is 1. The van der Waals surface area contributed by atoms with Crippen LogP contribution in [0.4, 0.5) is 0 Å². The molecule has 0 bridgehead atoms. The Morgan fingerprint density at radius 2 is 1.46 bits per heavy atom. The zero-order valence-electron chi connectivity index (χ0n) is 17.3. The molecule has 0 aliphatic rings. The number of hydrogen-bond acceptors (Lipinski definition) is 5. The van der Waals surface area contributed by atoms with Gasteiger partial charge in [-0.05, 0) is 56.7 Å². The van der Waals surface area contributed by atoms with Crippen LogP contribution in [0.5, 0.6) is 23.0 Å². The van der Waals surface area contributed by atoms with Crippen molar-refractivity contribution >= 4 is 5.91 Å². The van der Waals surface area contributed by atoms with E-state index in [2.05, 4.69) is 0 Å². The van der Waals surface area contributed by atoms with Crippen LogP contribution in [-0.4, -0.2) is 44.8 Å². The Morgan fingerprint density at radius 3 is 2.07 bits per heavy atom. The highest BCUT2D eigenvalue weighted by molar-refractivity contribution is 5.95. The second kappa shape index (κ2) is 10.4. The van der Waals surface area contributed by atoms with Gasteiger partial charge < -0.3 is 23.8 Å². The lowest BCUT2D eigenvalue weighted by Gasteiger charge is -2.22. The number of amides is 1. The first-order valence-electron chi connectivity index (χ1n) is 9.47. The summed E-state index contributed by atoms with van der Waals surface area (Å²) in [6, 6.07) is 11.0. The molecule has 6 nitrogen and oxygen atoms in total. The van der Waals surface area contributed by atoms with E-state index in [9.17, 15) is 4.79 Å². The van der Waals surface area contributed by atoms with Gasteiger partial charge in [-0.25, -0.2) is 0 Å². The molecule has 2 rings (SSSR count).